The molecule has 5 rings (SSSR count). The summed E-state index contributed by atoms with van der Waals surface area (Å²) in [6, 6.07) is 4.70. The minimum atomic E-state index is -4.40. The summed E-state index contributed by atoms with van der Waals surface area (Å²) >= 11 is 0. The van der Waals surface area contributed by atoms with Gasteiger partial charge in [-0.2, -0.15) is 13.2 Å². The predicted octanol–water partition coefficient (Wildman–Crippen LogP) is 9.60. The van der Waals surface area contributed by atoms with Crippen molar-refractivity contribution >= 4 is 31.2 Å². The van der Waals surface area contributed by atoms with Crippen molar-refractivity contribution in [2.75, 3.05) is 11.5 Å². The number of benzene rings is 2. The average molecular weight is 809 g/mol. The van der Waals surface area contributed by atoms with Crippen LogP contribution in [0.5, 0.6) is 0 Å². The molecule has 0 radical (unpaired) electrons. The van der Waals surface area contributed by atoms with Crippen molar-refractivity contribution in [1.29, 1.82) is 0 Å². The minimum Gasteiger partial charge on any atom is -0.299 e. The molecule has 2 saturated carbocycles. The Balaban J connectivity index is 0.000000245. The zero-order valence-corrected chi connectivity index (χ0v) is 35.8. The van der Waals surface area contributed by atoms with E-state index in [1.54, 1.807) is 34.6 Å². The SMILES string of the molecule is Cc1c(CC(=O)C2CCC(CS(=O)(=O)C(C)C)CC2)ccc(C(F)(F)F)c1C.Cc1cc(CC(=O)C2CCC(CS(=O)(=O)C(C)C)CC2)c(C)c2c1CCC2. The number of alkyl halides is 3. The number of hydrogen-bond donors (Lipinski definition) is 0. The molecule has 0 aliphatic heterocycles. The predicted molar refractivity (Wildman–Crippen MR) is 215 cm³/mol. The summed E-state index contributed by atoms with van der Waals surface area (Å²) in [5, 5.41) is -0.694. The Morgan fingerprint density at radius 1 is 0.636 bits per heavy atom. The molecule has 0 bridgehead atoms. The average Bonchev–Trinajstić information content (AvgIpc) is 3.60. The summed E-state index contributed by atoms with van der Waals surface area (Å²) in [4.78, 5) is 25.6. The van der Waals surface area contributed by atoms with Gasteiger partial charge < -0.3 is 0 Å². The van der Waals surface area contributed by atoms with Gasteiger partial charge in [-0.3, -0.25) is 9.59 Å². The van der Waals surface area contributed by atoms with Crippen LogP contribution in [0.1, 0.15) is 136 Å². The lowest BCUT2D eigenvalue weighted by Gasteiger charge is -2.28. The molecule has 308 valence electrons. The third-order valence-corrected chi connectivity index (χ3v) is 17.7. The molecule has 0 atom stereocenters. The first-order valence-corrected chi connectivity index (χ1v) is 23.7. The molecule has 3 aliphatic carbocycles. The van der Waals surface area contributed by atoms with E-state index in [9.17, 15) is 39.6 Å². The van der Waals surface area contributed by atoms with Crippen LogP contribution in [-0.4, -0.2) is 50.4 Å². The van der Waals surface area contributed by atoms with E-state index in [-0.39, 0.29) is 58.2 Å². The molecule has 2 aromatic rings. The van der Waals surface area contributed by atoms with Gasteiger partial charge in [0.05, 0.1) is 27.6 Å². The largest absolute Gasteiger partial charge is 0.416 e. The van der Waals surface area contributed by atoms with Gasteiger partial charge in [0.25, 0.3) is 0 Å². The number of halogens is 3. The summed E-state index contributed by atoms with van der Waals surface area (Å²) in [5.41, 5.74) is 7.55. The molecular formula is C44H63F3O6S2. The molecule has 0 unspecified atom stereocenters. The van der Waals surface area contributed by atoms with Gasteiger partial charge in [0.2, 0.25) is 0 Å². The molecular weight excluding hydrogens is 746 g/mol. The molecule has 11 heteroatoms. The minimum absolute atomic E-state index is 0.0347. The van der Waals surface area contributed by atoms with Gasteiger partial charge in [0, 0.05) is 24.7 Å². The first-order chi connectivity index (χ1) is 25.5. The second-order valence-electron chi connectivity index (χ2n) is 17.3. The van der Waals surface area contributed by atoms with Gasteiger partial charge in [-0.1, -0.05) is 12.1 Å². The van der Waals surface area contributed by atoms with Crippen LogP contribution in [0, 0.1) is 51.4 Å². The normalized spacial score (nSPS) is 22.0. The summed E-state index contributed by atoms with van der Waals surface area (Å²) in [7, 11) is -6.07. The van der Waals surface area contributed by atoms with Crippen molar-refractivity contribution in [1.82, 2.24) is 0 Å². The summed E-state index contributed by atoms with van der Waals surface area (Å²) < 4.78 is 87.5. The smallest absolute Gasteiger partial charge is 0.299 e. The van der Waals surface area contributed by atoms with E-state index in [0.717, 1.165) is 38.2 Å². The molecule has 0 spiro atoms. The Morgan fingerprint density at radius 2 is 1.07 bits per heavy atom. The van der Waals surface area contributed by atoms with Gasteiger partial charge >= 0.3 is 6.18 Å². The zero-order chi connectivity index (χ0) is 41.0. The van der Waals surface area contributed by atoms with E-state index < -0.39 is 36.7 Å². The standard InChI is InChI=1S/C23H34O3S.C21H29F3O3S/c1-15(2)27(25,26)14-18-8-10-19(11-9-18)23(24)13-20-12-16(3)21-6-5-7-22(21)17(20)4;1-13(2)28(26,27)12-16-5-7-17(8-6-16)20(25)11-18-9-10-19(21(22,23)24)15(4)14(18)3/h12,15,18-19H,5-11,13-14H2,1-4H3;9-10,13,16-17H,5-8,11-12H2,1-4H3. The first kappa shape index (κ1) is 45.2. The number of sulfone groups is 2. The number of carbonyl (C=O) groups is 2. The third kappa shape index (κ3) is 11.5. The van der Waals surface area contributed by atoms with E-state index in [1.165, 1.54) is 53.6 Å². The number of hydrogen-bond acceptors (Lipinski definition) is 6. The highest BCUT2D eigenvalue weighted by Gasteiger charge is 2.35. The van der Waals surface area contributed by atoms with Crippen LogP contribution >= 0.6 is 0 Å². The van der Waals surface area contributed by atoms with Gasteiger partial charge in [-0.05, 0) is 188 Å². The van der Waals surface area contributed by atoms with Gasteiger partial charge in [0.1, 0.15) is 11.6 Å². The Morgan fingerprint density at radius 3 is 1.51 bits per heavy atom. The zero-order valence-electron chi connectivity index (χ0n) is 34.2. The molecule has 0 aromatic heterocycles. The van der Waals surface area contributed by atoms with Crippen molar-refractivity contribution in [2.24, 2.45) is 23.7 Å². The van der Waals surface area contributed by atoms with E-state index in [2.05, 4.69) is 19.9 Å². The highest BCUT2D eigenvalue weighted by molar-refractivity contribution is 7.92. The van der Waals surface area contributed by atoms with Gasteiger partial charge in [-0.15, -0.1) is 0 Å². The maximum atomic E-state index is 13.0. The Kier molecular flexibility index (Phi) is 15.1. The van der Waals surface area contributed by atoms with Crippen LogP contribution < -0.4 is 0 Å². The number of aryl methyl sites for hydroxylation is 1. The fourth-order valence-electron chi connectivity index (χ4n) is 8.81. The molecule has 0 N–H and O–H groups in total. The molecule has 0 saturated heterocycles. The lowest BCUT2D eigenvalue weighted by atomic mass is 9.79. The number of Topliss-reactive ketones (excluding diaryl/α,β-unsaturated/α-hetero) is 2. The topological polar surface area (TPSA) is 102 Å². The molecule has 2 fully saturated rings. The summed E-state index contributed by atoms with van der Waals surface area (Å²) in [5.74, 6) is 1.12. The second kappa shape index (κ2) is 18.4. The van der Waals surface area contributed by atoms with Crippen LogP contribution in [0.2, 0.25) is 0 Å². The fraction of sp³-hybridized carbons (Fsp3) is 0.682. The van der Waals surface area contributed by atoms with E-state index in [4.69, 9.17) is 0 Å². The molecule has 0 heterocycles. The maximum absolute atomic E-state index is 13.0. The number of rotatable bonds is 12. The van der Waals surface area contributed by atoms with Crippen molar-refractivity contribution in [2.45, 2.75) is 156 Å². The molecule has 6 nitrogen and oxygen atoms in total. The number of ketones is 2. The fourth-order valence-corrected chi connectivity index (χ4v) is 11.6. The maximum Gasteiger partial charge on any atom is 0.416 e. The molecule has 55 heavy (non-hydrogen) atoms. The van der Waals surface area contributed by atoms with Crippen molar-refractivity contribution < 1.29 is 39.6 Å². The second-order valence-corrected chi connectivity index (χ2v) is 22.5. The highest BCUT2D eigenvalue weighted by Crippen LogP contribution is 2.37. The molecule has 2 aromatic carbocycles. The lowest BCUT2D eigenvalue weighted by Crippen LogP contribution is -2.29. The Hall–Kier alpha value is -2.53. The van der Waals surface area contributed by atoms with Crippen molar-refractivity contribution in [3.8, 4) is 0 Å². The van der Waals surface area contributed by atoms with Crippen molar-refractivity contribution in [3.05, 3.63) is 68.3 Å². The summed E-state index contributed by atoms with van der Waals surface area (Å²) in [6.45, 7) is 14.3. The van der Waals surface area contributed by atoms with Crippen LogP contribution in [0.3, 0.4) is 0 Å². The van der Waals surface area contributed by atoms with Gasteiger partial charge in [0.15, 0.2) is 19.7 Å². The molecule has 3 aliphatic rings. The van der Waals surface area contributed by atoms with E-state index in [1.807, 2.05) is 0 Å². The Labute approximate surface area is 328 Å². The highest BCUT2D eigenvalue weighted by atomic mass is 32.2. The van der Waals surface area contributed by atoms with E-state index in [0.29, 0.717) is 49.0 Å². The van der Waals surface area contributed by atoms with Crippen LogP contribution in [0.15, 0.2) is 18.2 Å². The van der Waals surface area contributed by atoms with Crippen LogP contribution in [0.25, 0.3) is 0 Å². The van der Waals surface area contributed by atoms with Gasteiger partial charge in [-0.25, -0.2) is 16.8 Å². The van der Waals surface area contributed by atoms with Crippen LogP contribution in [-0.2, 0) is 61.1 Å². The number of fused-ring (bicyclic) bond motifs is 1. The van der Waals surface area contributed by atoms with Crippen LogP contribution in [0.4, 0.5) is 13.2 Å². The summed E-state index contributed by atoms with van der Waals surface area (Å²) in [6.07, 6.45) is 5.97. The Bertz CT molecular complexity index is 1910. The third-order valence-electron chi connectivity index (χ3n) is 12.9. The quantitative estimate of drug-likeness (QED) is 0.212. The van der Waals surface area contributed by atoms with Crippen molar-refractivity contribution in [3.63, 3.8) is 0 Å². The number of carbonyl (C=O) groups excluding carboxylic acids is 2. The van der Waals surface area contributed by atoms with E-state index >= 15 is 0 Å². The monoisotopic (exact) mass is 808 g/mol. The first-order valence-electron chi connectivity index (χ1n) is 20.3. The molecule has 0 amide bonds. The lowest BCUT2D eigenvalue weighted by molar-refractivity contribution is -0.138.